The van der Waals surface area contributed by atoms with Crippen molar-refractivity contribution in [1.29, 1.82) is 0 Å². The summed E-state index contributed by atoms with van der Waals surface area (Å²) in [6.45, 7) is 4.44. The summed E-state index contributed by atoms with van der Waals surface area (Å²) < 4.78 is 2.00. The fraction of sp³-hybridized carbons (Fsp3) is 0.800. The molecule has 0 aromatic carbocycles. The number of aromatic nitrogens is 3. The van der Waals surface area contributed by atoms with Gasteiger partial charge in [0.05, 0.1) is 6.04 Å². The Balaban J connectivity index is 2.47. The van der Waals surface area contributed by atoms with Crippen LogP contribution >= 0.6 is 0 Å². The van der Waals surface area contributed by atoms with E-state index in [9.17, 15) is 0 Å². The van der Waals surface area contributed by atoms with Gasteiger partial charge in [-0.05, 0) is 12.8 Å². The molecule has 3 heteroatoms. The van der Waals surface area contributed by atoms with Crippen LogP contribution in [0, 0.1) is 0 Å². The molecular formula is C10H19N3. The van der Waals surface area contributed by atoms with Crippen LogP contribution in [0.15, 0.2) is 12.7 Å². The van der Waals surface area contributed by atoms with Gasteiger partial charge in [-0.1, -0.05) is 33.1 Å². The summed E-state index contributed by atoms with van der Waals surface area (Å²) in [6.07, 6.45) is 9.65. The van der Waals surface area contributed by atoms with E-state index in [1.807, 2.05) is 11.0 Å². The summed E-state index contributed by atoms with van der Waals surface area (Å²) in [5.74, 6) is 0. The average Bonchev–Trinajstić information content (AvgIpc) is 2.65. The molecule has 1 rings (SSSR count). The predicted molar refractivity (Wildman–Crippen MR) is 53.5 cm³/mol. The quantitative estimate of drug-likeness (QED) is 0.675. The van der Waals surface area contributed by atoms with E-state index in [1.165, 1.54) is 32.1 Å². The molecular weight excluding hydrogens is 162 g/mol. The molecule has 3 nitrogen and oxygen atoms in total. The lowest BCUT2D eigenvalue weighted by Crippen LogP contribution is -2.09. The van der Waals surface area contributed by atoms with Crippen LogP contribution in [0.2, 0.25) is 0 Å². The Kier molecular flexibility index (Phi) is 4.50. The minimum atomic E-state index is 0.562. The third-order valence-corrected chi connectivity index (χ3v) is 2.32. The SMILES string of the molecule is CCCCC(CCC)n1cncn1. The van der Waals surface area contributed by atoms with Gasteiger partial charge in [-0.25, -0.2) is 9.67 Å². The van der Waals surface area contributed by atoms with Crippen molar-refractivity contribution in [1.82, 2.24) is 14.8 Å². The van der Waals surface area contributed by atoms with Crippen molar-refractivity contribution in [3.63, 3.8) is 0 Å². The van der Waals surface area contributed by atoms with Crippen molar-refractivity contribution >= 4 is 0 Å². The second-order valence-electron chi connectivity index (χ2n) is 3.46. The fourth-order valence-electron chi connectivity index (χ4n) is 1.59. The first-order valence-electron chi connectivity index (χ1n) is 5.22. The van der Waals surface area contributed by atoms with Gasteiger partial charge < -0.3 is 0 Å². The van der Waals surface area contributed by atoms with Crippen LogP contribution in [0.4, 0.5) is 0 Å². The monoisotopic (exact) mass is 181 g/mol. The first kappa shape index (κ1) is 10.2. The summed E-state index contributed by atoms with van der Waals surface area (Å²) in [7, 11) is 0. The normalized spacial score (nSPS) is 13.1. The molecule has 1 aromatic heterocycles. The van der Waals surface area contributed by atoms with E-state index in [2.05, 4.69) is 23.9 Å². The molecule has 0 saturated heterocycles. The molecule has 1 aromatic rings. The van der Waals surface area contributed by atoms with Crippen molar-refractivity contribution in [2.45, 2.75) is 52.0 Å². The maximum Gasteiger partial charge on any atom is 0.137 e. The van der Waals surface area contributed by atoms with Crippen LogP contribution in [0.1, 0.15) is 52.0 Å². The van der Waals surface area contributed by atoms with E-state index < -0.39 is 0 Å². The Morgan fingerprint density at radius 2 is 2.08 bits per heavy atom. The molecule has 0 radical (unpaired) electrons. The Hall–Kier alpha value is -0.860. The summed E-state index contributed by atoms with van der Waals surface area (Å²) in [4.78, 5) is 3.99. The highest BCUT2D eigenvalue weighted by Gasteiger charge is 2.08. The highest BCUT2D eigenvalue weighted by molar-refractivity contribution is 4.68. The largest absolute Gasteiger partial charge is 0.250 e. The molecule has 0 saturated carbocycles. The predicted octanol–water partition coefficient (Wildman–Crippen LogP) is 2.81. The first-order chi connectivity index (χ1) is 6.38. The molecule has 0 aliphatic heterocycles. The van der Waals surface area contributed by atoms with Gasteiger partial charge in [-0.2, -0.15) is 5.10 Å². The Morgan fingerprint density at radius 3 is 2.62 bits per heavy atom. The van der Waals surface area contributed by atoms with Gasteiger partial charge in [0.25, 0.3) is 0 Å². The molecule has 0 spiro atoms. The maximum absolute atomic E-state index is 4.19. The van der Waals surface area contributed by atoms with Crippen molar-refractivity contribution < 1.29 is 0 Å². The van der Waals surface area contributed by atoms with Gasteiger partial charge in [-0.15, -0.1) is 0 Å². The maximum atomic E-state index is 4.19. The summed E-state index contributed by atoms with van der Waals surface area (Å²) in [6, 6.07) is 0.562. The molecule has 1 atom stereocenters. The Morgan fingerprint density at radius 1 is 1.23 bits per heavy atom. The summed E-state index contributed by atoms with van der Waals surface area (Å²) in [5, 5.41) is 4.19. The van der Waals surface area contributed by atoms with Crippen molar-refractivity contribution in [3.8, 4) is 0 Å². The molecule has 74 valence electrons. The molecule has 0 aliphatic carbocycles. The van der Waals surface area contributed by atoms with Crippen molar-refractivity contribution in [3.05, 3.63) is 12.7 Å². The zero-order valence-corrected chi connectivity index (χ0v) is 8.61. The van der Waals surface area contributed by atoms with Gasteiger partial charge in [0, 0.05) is 0 Å². The summed E-state index contributed by atoms with van der Waals surface area (Å²) >= 11 is 0. The smallest absolute Gasteiger partial charge is 0.137 e. The van der Waals surface area contributed by atoms with Crippen molar-refractivity contribution in [2.75, 3.05) is 0 Å². The van der Waals surface area contributed by atoms with E-state index in [0.29, 0.717) is 6.04 Å². The van der Waals surface area contributed by atoms with Gasteiger partial charge in [0.15, 0.2) is 0 Å². The number of hydrogen-bond acceptors (Lipinski definition) is 2. The van der Waals surface area contributed by atoms with E-state index in [4.69, 9.17) is 0 Å². The van der Waals surface area contributed by atoms with E-state index >= 15 is 0 Å². The highest BCUT2D eigenvalue weighted by atomic mass is 15.3. The summed E-state index contributed by atoms with van der Waals surface area (Å²) in [5.41, 5.74) is 0. The lowest BCUT2D eigenvalue weighted by Gasteiger charge is -2.15. The van der Waals surface area contributed by atoms with E-state index in [0.717, 1.165) is 0 Å². The Labute approximate surface area is 80.2 Å². The van der Waals surface area contributed by atoms with Gasteiger partial charge in [-0.3, -0.25) is 0 Å². The average molecular weight is 181 g/mol. The molecule has 0 aliphatic rings. The Bertz CT molecular complexity index is 206. The number of hydrogen-bond donors (Lipinski definition) is 0. The van der Waals surface area contributed by atoms with Crippen molar-refractivity contribution in [2.24, 2.45) is 0 Å². The van der Waals surface area contributed by atoms with Crippen LogP contribution in [0.3, 0.4) is 0 Å². The number of unbranched alkanes of at least 4 members (excludes halogenated alkanes) is 1. The minimum absolute atomic E-state index is 0.562. The zero-order chi connectivity index (χ0) is 9.52. The van der Waals surface area contributed by atoms with Crippen LogP contribution < -0.4 is 0 Å². The van der Waals surface area contributed by atoms with Crippen LogP contribution in [0.25, 0.3) is 0 Å². The number of nitrogens with zero attached hydrogens (tertiary/aromatic N) is 3. The third-order valence-electron chi connectivity index (χ3n) is 2.32. The first-order valence-corrected chi connectivity index (χ1v) is 5.22. The number of rotatable bonds is 6. The second kappa shape index (κ2) is 5.73. The third kappa shape index (κ3) is 3.17. The molecule has 1 heterocycles. The fourth-order valence-corrected chi connectivity index (χ4v) is 1.59. The van der Waals surface area contributed by atoms with Crippen LogP contribution in [0.5, 0.6) is 0 Å². The van der Waals surface area contributed by atoms with Gasteiger partial charge in [0.1, 0.15) is 12.7 Å². The minimum Gasteiger partial charge on any atom is -0.250 e. The lowest BCUT2D eigenvalue weighted by atomic mass is 10.1. The van der Waals surface area contributed by atoms with Crippen LogP contribution in [-0.2, 0) is 0 Å². The molecule has 0 amide bonds. The molecule has 13 heavy (non-hydrogen) atoms. The second-order valence-corrected chi connectivity index (χ2v) is 3.46. The molecule has 0 N–H and O–H groups in total. The molecule has 1 unspecified atom stereocenters. The van der Waals surface area contributed by atoms with E-state index in [1.54, 1.807) is 6.33 Å². The topological polar surface area (TPSA) is 30.7 Å². The molecule has 0 bridgehead atoms. The van der Waals surface area contributed by atoms with Gasteiger partial charge >= 0.3 is 0 Å². The van der Waals surface area contributed by atoms with Gasteiger partial charge in [0.2, 0.25) is 0 Å². The standard InChI is InChI=1S/C10H19N3/c1-3-5-7-10(6-4-2)13-9-11-8-12-13/h8-10H,3-7H2,1-2H3. The highest BCUT2D eigenvalue weighted by Crippen LogP contribution is 2.18. The zero-order valence-electron chi connectivity index (χ0n) is 8.61. The van der Waals surface area contributed by atoms with E-state index in [-0.39, 0.29) is 0 Å². The molecule has 0 fully saturated rings. The lowest BCUT2D eigenvalue weighted by molar-refractivity contribution is 0.383. The van der Waals surface area contributed by atoms with Crippen LogP contribution in [-0.4, -0.2) is 14.8 Å².